The first-order valence-corrected chi connectivity index (χ1v) is 4.28. The molecule has 0 fully saturated rings. The Morgan fingerprint density at radius 3 is 2.00 bits per heavy atom. The summed E-state index contributed by atoms with van der Waals surface area (Å²) in [6.07, 6.45) is 0.935. The SMILES string of the molecule is CCC(C)(CC)CC(F)CF. The third-order valence-electron chi connectivity index (χ3n) is 2.59. The lowest BCUT2D eigenvalue weighted by Gasteiger charge is -2.27. The zero-order chi connectivity index (χ0) is 8.91. The lowest BCUT2D eigenvalue weighted by atomic mass is 9.80. The molecule has 0 aromatic rings. The summed E-state index contributed by atoms with van der Waals surface area (Å²) in [6.45, 7) is 5.22. The summed E-state index contributed by atoms with van der Waals surface area (Å²) in [5, 5.41) is 0. The van der Waals surface area contributed by atoms with E-state index in [9.17, 15) is 8.78 Å². The Labute approximate surface area is 68.0 Å². The van der Waals surface area contributed by atoms with Crippen LogP contribution in [0.5, 0.6) is 0 Å². The van der Waals surface area contributed by atoms with E-state index in [4.69, 9.17) is 0 Å². The maximum absolute atomic E-state index is 12.6. The molecule has 0 rings (SSSR count). The summed E-state index contributed by atoms with van der Waals surface area (Å²) >= 11 is 0. The van der Waals surface area contributed by atoms with Crippen LogP contribution >= 0.6 is 0 Å². The van der Waals surface area contributed by atoms with E-state index in [2.05, 4.69) is 0 Å². The molecule has 11 heavy (non-hydrogen) atoms. The van der Waals surface area contributed by atoms with Crippen LogP contribution in [-0.2, 0) is 0 Å². The number of hydrogen-bond acceptors (Lipinski definition) is 0. The minimum Gasteiger partial charge on any atom is -0.248 e. The first kappa shape index (κ1) is 10.9. The standard InChI is InChI=1S/C9H18F2/c1-4-9(3,5-2)6-8(11)7-10/h8H,4-7H2,1-3H3. The third-order valence-corrected chi connectivity index (χ3v) is 2.59. The summed E-state index contributed by atoms with van der Waals surface area (Å²) in [4.78, 5) is 0. The summed E-state index contributed by atoms with van der Waals surface area (Å²) in [5.74, 6) is 0. The maximum Gasteiger partial charge on any atom is 0.129 e. The fourth-order valence-electron chi connectivity index (χ4n) is 1.13. The lowest BCUT2D eigenvalue weighted by molar-refractivity contribution is 0.154. The van der Waals surface area contributed by atoms with E-state index in [1.807, 2.05) is 20.8 Å². The highest BCUT2D eigenvalue weighted by atomic mass is 19.2. The van der Waals surface area contributed by atoms with Gasteiger partial charge in [-0.05, 0) is 11.8 Å². The van der Waals surface area contributed by atoms with Crippen molar-refractivity contribution in [3.63, 3.8) is 0 Å². The van der Waals surface area contributed by atoms with Crippen LogP contribution < -0.4 is 0 Å². The predicted molar refractivity (Wildman–Crippen MR) is 44.2 cm³/mol. The first-order valence-electron chi connectivity index (χ1n) is 4.28. The highest BCUT2D eigenvalue weighted by molar-refractivity contribution is 4.74. The monoisotopic (exact) mass is 164 g/mol. The fourth-order valence-corrected chi connectivity index (χ4v) is 1.13. The van der Waals surface area contributed by atoms with Crippen molar-refractivity contribution < 1.29 is 8.78 Å². The second kappa shape index (κ2) is 4.68. The van der Waals surface area contributed by atoms with Gasteiger partial charge in [0.15, 0.2) is 0 Å². The molecular weight excluding hydrogens is 146 g/mol. The quantitative estimate of drug-likeness (QED) is 0.583. The summed E-state index contributed by atoms with van der Waals surface area (Å²) in [6, 6.07) is 0. The Hall–Kier alpha value is -0.140. The van der Waals surface area contributed by atoms with Crippen LogP contribution in [0, 0.1) is 5.41 Å². The largest absolute Gasteiger partial charge is 0.248 e. The minimum absolute atomic E-state index is 0.00843. The van der Waals surface area contributed by atoms with Crippen LogP contribution in [0.15, 0.2) is 0 Å². The van der Waals surface area contributed by atoms with Crippen LogP contribution in [0.2, 0.25) is 0 Å². The Kier molecular flexibility index (Phi) is 4.62. The maximum atomic E-state index is 12.6. The summed E-state index contributed by atoms with van der Waals surface area (Å²) in [5.41, 5.74) is -0.00843. The Balaban J connectivity index is 3.86. The van der Waals surface area contributed by atoms with Crippen LogP contribution in [0.25, 0.3) is 0 Å². The fraction of sp³-hybridized carbons (Fsp3) is 1.00. The molecule has 0 aromatic heterocycles. The molecular formula is C9H18F2. The van der Waals surface area contributed by atoms with Gasteiger partial charge in [0, 0.05) is 0 Å². The molecule has 1 atom stereocenters. The minimum atomic E-state index is -1.26. The van der Waals surface area contributed by atoms with Gasteiger partial charge in [-0.1, -0.05) is 33.6 Å². The van der Waals surface area contributed by atoms with E-state index in [0.717, 1.165) is 12.8 Å². The van der Waals surface area contributed by atoms with Crippen molar-refractivity contribution in [3.8, 4) is 0 Å². The number of halogens is 2. The predicted octanol–water partition coefficient (Wildman–Crippen LogP) is 3.51. The van der Waals surface area contributed by atoms with E-state index >= 15 is 0 Å². The second-order valence-corrected chi connectivity index (χ2v) is 3.47. The number of hydrogen-bond donors (Lipinski definition) is 0. The molecule has 0 saturated heterocycles. The summed E-state index contributed by atoms with van der Waals surface area (Å²) in [7, 11) is 0. The van der Waals surface area contributed by atoms with Crippen molar-refractivity contribution in [2.75, 3.05) is 6.67 Å². The Bertz CT molecular complexity index is 97.7. The highest BCUT2D eigenvalue weighted by Crippen LogP contribution is 2.31. The van der Waals surface area contributed by atoms with Gasteiger partial charge in [-0.15, -0.1) is 0 Å². The highest BCUT2D eigenvalue weighted by Gasteiger charge is 2.24. The van der Waals surface area contributed by atoms with Crippen LogP contribution in [-0.4, -0.2) is 12.8 Å². The van der Waals surface area contributed by atoms with E-state index in [1.165, 1.54) is 0 Å². The second-order valence-electron chi connectivity index (χ2n) is 3.47. The lowest BCUT2D eigenvalue weighted by Crippen LogP contribution is -2.20. The van der Waals surface area contributed by atoms with Crippen molar-refractivity contribution in [3.05, 3.63) is 0 Å². The topological polar surface area (TPSA) is 0 Å². The van der Waals surface area contributed by atoms with Crippen molar-refractivity contribution >= 4 is 0 Å². The molecule has 68 valence electrons. The molecule has 1 unspecified atom stereocenters. The van der Waals surface area contributed by atoms with Gasteiger partial charge in [0.05, 0.1) is 0 Å². The van der Waals surface area contributed by atoms with Gasteiger partial charge >= 0.3 is 0 Å². The van der Waals surface area contributed by atoms with Gasteiger partial charge in [-0.2, -0.15) is 0 Å². The Morgan fingerprint density at radius 2 is 1.73 bits per heavy atom. The third kappa shape index (κ3) is 3.68. The van der Waals surface area contributed by atoms with Crippen molar-refractivity contribution in [2.45, 2.75) is 46.2 Å². The average Bonchev–Trinajstić information content (AvgIpc) is 2.04. The normalized spacial score (nSPS) is 15.0. The molecule has 0 aromatic carbocycles. The van der Waals surface area contributed by atoms with Gasteiger partial charge in [0.25, 0.3) is 0 Å². The van der Waals surface area contributed by atoms with Crippen molar-refractivity contribution in [1.29, 1.82) is 0 Å². The summed E-state index contributed by atoms with van der Waals surface area (Å²) < 4.78 is 24.4. The average molecular weight is 164 g/mol. The molecule has 0 amide bonds. The van der Waals surface area contributed by atoms with Crippen LogP contribution in [0.4, 0.5) is 8.78 Å². The van der Waals surface area contributed by atoms with Crippen LogP contribution in [0.1, 0.15) is 40.0 Å². The molecule has 0 aliphatic carbocycles. The van der Waals surface area contributed by atoms with Gasteiger partial charge in [0.2, 0.25) is 0 Å². The molecule has 2 heteroatoms. The zero-order valence-electron chi connectivity index (χ0n) is 7.66. The molecule has 0 bridgehead atoms. The smallest absolute Gasteiger partial charge is 0.129 e. The van der Waals surface area contributed by atoms with E-state index in [0.29, 0.717) is 6.42 Å². The molecule has 0 aliphatic rings. The van der Waals surface area contributed by atoms with E-state index in [1.54, 1.807) is 0 Å². The van der Waals surface area contributed by atoms with Gasteiger partial charge in [-0.3, -0.25) is 0 Å². The van der Waals surface area contributed by atoms with Gasteiger partial charge in [0.1, 0.15) is 12.8 Å². The number of alkyl halides is 2. The van der Waals surface area contributed by atoms with E-state index < -0.39 is 12.8 Å². The first-order chi connectivity index (χ1) is 5.08. The molecule has 0 nitrogen and oxygen atoms in total. The molecule has 0 saturated carbocycles. The molecule has 0 N–H and O–H groups in total. The van der Waals surface area contributed by atoms with Gasteiger partial charge in [-0.25, -0.2) is 8.78 Å². The molecule has 0 aliphatic heterocycles. The van der Waals surface area contributed by atoms with Crippen molar-refractivity contribution in [2.24, 2.45) is 5.41 Å². The van der Waals surface area contributed by atoms with Crippen LogP contribution in [0.3, 0.4) is 0 Å². The zero-order valence-corrected chi connectivity index (χ0v) is 7.66. The molecule has 0 heterocycles. The Morgan fingerprint density at radius 1 is 1.27 bits per heavy atom. The molecule has 0 spiro atoms. The van der Waals surface area contributed by atoms with Gasteiger partial charge < -0.3 is 0 Å². The molecule has 0 radical (unpaired) electrons. The van der Waals surface area contributed by atoms with E-state index in [-0.39, 0.29) is 5.41 Å². The number of rotatable bonds is 5. The van der Waals surface area contributed by atoms with Crippen molar-refractivity contribution in [1.82, 2.24) is 0 Å².